The van der Waals surface area contributed by atoms with Crippen molar-refractivity contribution in [2.24, 2.45) is 5.73 Å². The van der Waals surface area contributed by atoms with Crippen molar-refractivity contribution in [3.8, 4) is 0 Å². The molecule has 78 valence electrons. The number of furan rings is 1. The third-order valence-corrected chi connectivity index (χ3v) is 2.86. The fraction of sp³-hybridized carbons (Fsp3) is 0.636. The average Bonchev–Trinajstić information content (AvgIpc) is 2.67. The first kappa shape index (κ1) is 9.74. The van der Waals surface area contributed by atoms with Crippen LogP contribution in [0.2, 0.25) is 0 Å². The maximum Gasteiger partial charge on any atom is 0.117 e. The van der Waals surface area contributed by atoms with E-state index in [1.165, 1.54) is 19.3 Å². The topological polar surface area (TPSA) is 51.2 Å². The van der Waals surface area contributed by atoms with Crippen LogP contribution >= 0.6 is 0 Å². The van der Waals surface area contributed by atoms with Crippen LogP contribution < -0.4 is 11.1 Å². The molecular weight excluding hydrogens is 176 g/mol. The van der Waals surface area contributed by atoms with Crippen LogP contribution in [0.5, 0.6) is 0 Å². The van der Waals surface area contributed by atoms with E-state index in [2.05, 4.69) is 5.32 Å². The van der Waals surface area contributed by atoms with Crippen LogP contribution in [-0.2, 0) is 6.54 Å². The zero-order valence-corrected chi connectivity index (χ0v) is 8.41. The van der Waals surface area contributed by atoms with Gasteiger partial charge in [0.2, 0.25) is 0 Å². The number of nitrogens with one attached hydrogen (secondary N) is 1. The van der Waals surface area contributed by atoms with Gasteiger partial charge in [-0.05, 0) is 31.4 Å². The highest BCUT2D eigenvalue weighted by molar-refractivity contribution is 4.98. The molecule has 1 fully saturated rings. The molecule has 3 N–H and O–H groups in total. The van der Waals surface area contributed by atoms with E-state index in [0.717, 1.165) is 18.7 Å². The maximum atomic E-state index is 5.91. The van der Waals surface area contributed by atoms with Crippen molar-refractivity contribution >= 4 is 0 Å². The first-order chi connectivity index (χ1) is 6.84. The van der Waals surface area contributed by atoms with Gasteiger partial charge in [0.15, 0.2) is 0 Å². The van der Waals surface area contributed by atoms with E-state index in [0.29, 0.717) is 12.1 Å². The molecule has 3 nitrogen and oxygen atoms in total. The Hall–Kier alpha value is -0.800. The molecule has 0 saturated heterocycles. The number of hydrogen-bond acceptors (Lipinski definition) is 3. The monoisotopic (exact) mass is 194 g/mol. The van der Waals surface area contributed by atoms with Gasteiger partial charge >= 0.3 is 0 Å². The van der Waals surface area contributed by atoms with Crippen molar-refractivity contribution in [1.82, 2.24) is 5.32 Å². The predicted molar refractivity (Wildman–Crippen MR) is 55.8 cm³/mol. The summed E-state index contributed by atoms with van der Waals surface area (Å²) in [5.74, 6) is 1.00. The Morgan fingerprint density at radius 3 is 3.14 bits per heavy atom. The lowest BCUT2D eigenvalue weighted by Crippen LogP contribution is -2.38. The SMILES string of the molecule is NC1CCCC(NCc2ccco2)C1. The van der Waals surface area contributed by atoms with Gasteiger partial charge in [0.05, 0.1) is 12.8 Å². The molecule has 0 radical (unpaired) electrons. The van der Waals surface area contributed by atoms with Crippen LogP contribution in [0.3, 0.4) is 0 Å². The molecular formula is C11H18N2O. The van der Waals surface area contributed by atoms with Crippen LogP contribution in [0.25, 0.3) is 0 Å². The van der Waals surface area contributed by atoms with E-state index in [9.17, 15) is 0 Å². The summed E-state index contributed by atoms with van der Waals surface area (Å²) < 4.78 is 5.26. The van der Waals surface area contributed by atoms with Gasteiger partial charge in [0, 0.05) is 12.1 Å². The normalized spacial score (nSPS) is 27.8. The van der Waals surface area contributed by atoms with Gasteiger partial charge in [-0.1, -0.05) is 6.42 Å². The summed E-state index contributed by atoms with van der Waals surface area (Å²) in [5.41, 5.74) is 5.91. The van der Waals surface area contributed by atoms with E-state index in [1.807, 2.05) is 12.1 Å². The molecule has 0 bridgehead atoms. The minimum Gasteiger partial charge on any atom is -0.468 e. The summed E-state index contributed by atoms with van der Waals surface area (Å²) in [5, 5.41) is 3.48. The third-order valence-electron chi connectivity index (χ3n) is 2.86. The highest BCUT2D eigenvalue weighted by atomic mass is 16.3. The minimum atomic E-state index is 0.387. The maximum absolute atomic E-state index is 5.91. The lowest BCUT2D eigenvalue weighted by Gasteiger charge is -2.27. The summed E-state index contributed by atoms with van der Waals surface area (Å²) in [6.07, 6.45) is 6.48. The molecule has 0 aliphatic heterocycles. The summed E-state index contributed by atoms with van der Waals surface area (Å²) >= 11 is 0. The van der Waals surface area contributed by atoms with Crippen LogP contribution in [0, 0.1) is 0 Å². The number of rotatable bonds is 3. The van der Waals surface area contributed by atoms with E-state index in [-0.39, 0.29) is 0 Å². The van der Waals surface area contributed by atoms with Crippen molar-refractivity contribution in [2.45, 2.75) is 44.3 Å². The van der Waals surface area contributed by atoms with Crippen LogP contribution in [0.1, 0.15) is 31.4 Å². The molecule has 0 spiro atoms. The standard InChI is InChI=1S/C11H18N2O/c12-9-3-1-4-10(7-9)13-8-11-5-2-6-14-11/h2,5-6,9-10,13H,1,3-4,7-8,12H2. The lowest BCUT2D eigenvalue weighted by molar-refractivity contribution is 0.328. The Kier molecular flexibility index (Phi) is 3.22. The second-order valence-corrected chi connectivity index (χ2v) is 4.08. The fourth-order valence-corrected chi connectivity index (χ4v) is 2.07. The molecule has 1 aromatic rings. The smallest absolute Gasteiger partial charge is 0.117 e. The Morgan fingerprint density at radius 1 is 1.50 bits per heavy atom. The first-order valence-electron chi connectivity index (χ1n) is 5.36. The Morgan fingerprint density at radius 2 is 2.43 bits per heavy atom. The van der Waals surface area contributed by atoms with E-state index < -0.39 is 0 Å². The molecule has 1 aromatic heterocycles. The molecule has 3 heteroatoms. The highest BCUT2D eigenvalue weighted by Crippen LogP contribution is 2.17. The summed E-state index contributed by atoms with van der Waals surface area (Å²) in [7, 11) is 0. The van der Waals surface area contributed by atoms with Crippen molar-refractivity contribution in [1.29, 1.82) is 0 Å². The zero-order chi connectivity index (χ0) is 9.80. The molecule has 1 aliphatic carbocycles. The van der Waals surface area contributed by atoms with E-state index in [1.54, 1.807) is 6.26 Å². The Bertz CT molecular complexity index is 258. The first-order valence-corrected chi connectivity index (χ1v) is 5.36. The molecule has 0 aromatic carbocycles. The van der Waals surface area contributed by atoms with Gasteiger partial charge in [-0.2, -0.15) is 0 Å². The van der Waals surface area contributed by atoms with Crippen molar-refractivity contribution in [3.63, 3.8) is 0 Å². The largest absolute Gasteiger partial charge is 0.468 e. The zero-order valence-electron chi connectivity index (χ0n) is 8.41. The Balaban J connectivity index is 1.75. The minimum absolute atomic E-state index is 0.387. The van der Waals surface area contributed by atoms with Crippen molar-refractivity contribution in [3.05, 3.63) is 24.2 Å². The number of nitrogens with two attached hydrogens (primary N) is 1. The molecule has 2 rings (SSSR count). The summed E-state index contributed by atoms with van der Waals surface area (Å²) in [4.78, 5) is 0. The molecule has 1 saturated carbocycles. The van der Waals surface area contributed by atoms with E-state index in [4.69, 9.17) is 10.2 Å². The summed E-state index contributed by atoms with van der Waals surface area (Å²) in [6.45, 7) is 0.824. The highest BCUT2D eigenvalue weighted by Gasteiger charge is 2.18. The van der Waals surface area contributed by atoms with Crippen LogP contribution in [0.15, 0.2) is 22.8 Å². The van der Waals surface area contributed by atoms with Crippen molar-refractivity contribution < 1.29 is 4.42 Å². The summed E-state index contributed by atoms with van der Waals surface area (Å²) in [6, 6.07) is 4.88. The van der Waals surface area contributed by atoms with Crippen molar-refractivity contribution in [2.75, 3.05) is 0 Å². The van der Waals surface area contributed by atoms with Gasteiger partial charge in [0.1, 0.15) is 5.76 Å². The van der Waals surface area contributed by atoms with Gasteiger partial charge < -0.3 is 15.5 Å². The number of hydrogen-bond donors (Lipinski definition) is 2. The second-order valence-electron chi connectivity index (χ2n) is 4.08. The molecule has 0 amide bonds. The van der Waals surface area contributed by atoms with Crippen LogP contribution in [0.4, 0.5) is 0 Å². The third kappa shape index (κ3) is 2.59. The fourth-order valence-electron chi connectivity index (χ4n) is 2.07. The van der Waals surface area contributed by atoms with Gasteiger partial charge in [-0.15, -0.1) is 0 Å². The molecule has 14 heavy (non-hydrogen) atoms. The predicted octanol–water partition coefficient (Wildman–Crippen LogP) is 1.64. The molecule has 1 aliphatic rings. The quantitative estimate of drug-likeness (QED) is 0.769. The molecule has 2 atom stereocenters. The van der Waals surface area contributed by atoms with E-state index >= 15 is 0 Å². The van der Waals surface area contributed by atoms with Gasteiger partial charge in [-0.3, -0.25) is 0 Å². The van der Waals surface area contributed by atoms with Crippen LogP contribution in [-0.4, -0.2) is 12.1 Å². The lowest BCUT2D eigenvalue weighted by atomic mass is 9.92. The Labute approximate surface area is 84.7 Å². The van der Waals surface area contributed by atoms with Gasteiger partial charge in [0.25, 0.3) is 0 Å². The molecule has 1 heterocycles. The average molecular weight is 194 g/mol. The second kappa shape index (κ2) is 4.62. The molecule has 2 unspecified atom stereocenters. The van der Waals surface area contributed by atoms with Gasteiger partial charge in [-0.25, -0.2) is 0 Å².